The van der Waals surface area contributed by atoms with Gasteiger partial charge in [0.05, 0.1) is 28.2 Å². The standard InChI is InChI=1S/C37H61N5O5SSi/c1-25(27-15-17-28(18-16-27)32-26(2)39-24-48-32)40-34(45)30-22-29(43)23-42(30)35(46)33(36(3,4)5)41-31(44)14-12-11-13-19-38-20-21-47-49(9,10)37(6,7)8/h15-18,24-25,29-30,33,38,43H,11-14,19-23H2,1-10H3,(H,40,45)(H,41,44)/t25-,29+,30-,33+/m0/s1. The zero-order chi connectivity index (χ0) is 36.6. The van der Waals surface area contributed by atoms with E-state index in [0.29, 0.717) is 13.0 Å². The fourth-order valence-electron chi connectivity index (χ4n) is 5.68. The maximum absolute atomic E-state index is 13.9. The van der Waals surface area contributed by atoms with Crippen molar-refractivity contribution in [3.8, 4) is 10.4 Å². The van der Waals surface area contributed by atoms with E-state index in [1.165, 1.54) is 4.90 Å². The van der Waals surface area contributed by atoms with Crippen molar-refractivity contribution in [3.05, 3.63) is 41.0 Å². The van der Waals surface area contributed by atoms with E-state index in [0.717, 1.165) is 54.0 Å². The fraction of sp³-hybridized carbons (Fsp3) is 0.676. The molecule has 4 atom stereocenters. The third kappa shape index (κ3) is 11.7. The molecule has 0 bridgehead atoms. The van der Waals surface area contributed by atoms with Crippen LogP contribution in [-0.4, -0.2) is 85.5 Å². The van der Waals surface area contributed by atoms with Crippen LogP contribution in [0.15, 0.2) is 29.8 Å². The quantitative estimate of drug-likeness (QED) is 0.125. The minimum absolute atomic E-state index is 0.0462. The van der Waals surface area contributed by atoms with Crippen LogP contribution in [0, 0.1) is 12.3 Å². The Morgan fingerprint density at radius 3 is 2.31 bits per heavy atom. The summed E-state index contributed by atoms with van der Waals surface area (Å²) in [5.41, 5.74) is 4.22. The molecular formula is C37H61N5O5SSi. The normalized spacial score (nSPS) is 18.3. The molecule has 1 aliphatic rings. The Kier molecular flexibility index (Phi) is 14.6. The number of β-amino-alcohol motifs (C(OH)–C–C–N with tert-alkyl or cyclic N) is 1. The van der Waals surface area contributed by atoms with Crippen LogP contribution < -0.4 is 16.0 Å². The first-order valence-corrected chi connectivity index (χ1v) is 21.5. The van der Waals surface area contributed by atoms with Crippen LogP contribution in [0.4, 0.5) is 0 Å². The topological polar surface area (TPSA) is 133 Å². The molecule has 10 nitrogen and oxygen atoms in total. The number of aliphatic hydroxyl groups excluding tert-OH is 1. The van der Waals surface area contributed by atoms with Crippen molar-refractivity contribution < 1.29 is 23.9 Å². The minimum Gasteiger partial charge on any atom is -0.416 e. The molecule has 12 heteroatoms. The van der Waals surface area contributed by atoms with Crippen LogP contribution in [0.5, 0.6) is 0 Å². The largest absolute Gasteiger partial charge is 0.416 e. The predicted molar refractivity (Wildman–Crippen MR) is 201 cm³/mol. The molecule has 0 aliphatic carbocycles. The summed E-state index contributed by atoms with van der Waals surface area (Å²) in [5, 5.41) is 20.2. The van der Waals surface area contributed by atoms with Gasteiger partial charge in [0.2, 0.25) is 17.7 Å². The maximum Gasteiger partial charge on any atom is 0.246 e. The number of aromatic nitrogens is 1. The summed E-state index contributed by atoms with van der Waals surface area (Å²) in [5.74, 6) is -0.854. The average Bonchev–Trinajstić information content (AvgIpc) is 3.62. The van der Waals surface area contributed by atoms with Gasteiger partial charge in [0.25, 0.3) is 0 Å². The molecule has 1 aromatic heterocycles. The summed E-state index contributed by atoms with van der Waals surface area (Å²) in [6.07, 6.45) is 2.21. The highest BCUT2D eigenvalue weighted by Crippen LogP contribution is 2.36. The van der Waals surface area contributed by atoms with Gasteiger partial charge in [0.15, 0.2) is 8.32 Å². The number of amides is 3. The monoisotopic (exact) mass is 715 g/mol. The number of nitrogens with one attached hydrogen (secondary N) is 3. The summed E-state index contributed by atoms with van der Waals surface area (Å²) < 4.78 is 6.21. The van der Waals surface area contributed by atoms with E-state index < -0.39 is 31.9 Å². The van der Waals surface area contributed by atoms with Crippen LogP contribution >= 0.6 is 11.3 Å². The highest BCUT2D eigenvalue weighted by atomic mass is 32.1. The molecule has 0 radical (unpaired) electrons. The number of unbranched alkanes of at least 4 members (excludes halogenated alkanes) is 2. The van der Waals surface area contributed by atoms with Crippen LogP contribution in [-0.2, 0) is 18.8 Å². The summed E-state index contributed by atoms with van der Waals surface area (Å²) in [7, 11) is -1.73. The molecule has 1 saturated heterocycles. The van der Waals surface area contributed by atoms with Crippen molar-refractivity contribution in [2.45, 2.75) is 130 Å². The second-order valence-electron chi connectivity index (χ2n) is 16.1. The van der Waals surface area contributed by atoms with Crippen LogP contribution in [0.25, 0.3) is 10.4 Å². The van der Waals surface area contributed by atoms with Crippen LogP contribution in [0.3, 0.4) is 0 Å². The smallest absolute Gasteiger partial charge is 0.246 e. The SMILES string of the molecule is Cc1ncsc1-c1ccc([C@H](C)NC(=O)[C@@H]2C[C@@H](O)CN2C(=O)[C@@H](NC(=O)CCCCCNCCO[Si](C)(C)C(C)(C)C)C(C)(C)C)cc1. The number of aliphatic hydroxyl groups is 1. The third-order valence-corrected chi connectivity index (χ3v) is 15.4. The minimum atomic E-state index is -1.73. The Hall–Kier alpha value is -2.64. The first-order valence-electron chi connectivity index (χ1n) is 17.7. The zero-order valence-corrected chi connectivity index (χ0v) is 33.3. The molecule has 3 rings (SSSR count). The molecule has 2 heterocycles. The molecule has 274 valence electrons. The van der Waals surface area contributed by atoms with Gasteiger partial charge >= 0.3 is 0 Å². The lowest BCUT2D eigenvalue weighted by atomic mass is 9.85. The molecule has 4 N–H and O–H groups in total. The molecule has 1 fully saturated rings. The molecule has 0 unspecified atom stereocenters. The van der Waals surface area contributed by atoms with Crippen LogP contribution in [0.1, 0.15) is 97.9 Å². The average molecular weight is 716 g/mol. The number of aryl methyl sites for hydroxylation is 1. The number of likely N-dealkylation sites (tertiary alicyclic amines) is 1. The van der Waals surface area contributed by atoms with Gasteiger partial charge < -0.3 is 30.4 Å². The molecule has 0 saturated carbocycles. The van der Waals surface area contributed by atoms with Gasteiger partial charge in [-0.1, -0.05) is 72.2 Å². The van der Waals surface area contributed by atoms with Gasteiger partial charge in [-0.15, -0.1) is 11.3 Å². The van der Waals surface area contributed by atoms with Gasteiger partial charge in [-0.25, -0.2) is 4.98 Å². The highest BCUT2D eigenvalue weighted by Gasteiger charge is 2.44. The molecule has 0 spiro atoms. The van der Waals surface area contributed by atoms with E-state index in [1.54, 1.807) is 11.3 Å². The number of thiazole rings is 1. The van der Waals surface area contributed by atoms with Crippen molar-refractivity contribution >= 4 is 37.4 Å². The summed E-state index contributed by atoms with van der Waals surface area (Å²) in [6.45, 7) is 23.2. The number of carbonyl (C=O) groups excluding carboxylic acids is 3. The fourth-order valence-corrected chi connectivity index (χ4v) is 7.54. The van der Waals surface area contributed by atoms with Gasteiger partial charge in [-0.2, -0.15) is 0 Å². The maximum atomic E-state index is 13.9. The van der Waals surface area contributed by atoms with Gasteiger partial charge in [-0.3, -0.25) is 14.4 Å². The van der Waals surface area contributed by atoms with Crippen molar-refractivity contribution in [1.82, 2.24) is 25.8 Å². The number of rotatable bonds is 16. The molecular weight excluding hydrogens is 655 g/mol. The lowest BCUT2D eigenvalue weighted by molar-refractivity contribution is -0.144. The summed E-state index contributed by atoms with van der Waals surface area (Å²) >= 11 is 1.59. The molecule has 2 aromatic rings. The van der Waals surface area contributed by atoms with E-state index in [9.17, 15) is 19.5 Å². The van der Waals surface area contributed by atoms with E-state index >= 15 is 0 Å². The Labute approximate surface area is 299 Å². The van der Waals surface area contributed by atoms with E-state index in [-0.39, 0.29) is 41.8 Å². The van der Waals surface area contributed by atoms with Crippen molar-refractivity contribution in [1.29, 1.82) is 0 Å². The lowest BCUT2D eigenvalue weighted by Crippen LogP contribution is -2.57. The number of nitrogens with zero attached hydrogens (tertiary/aromatic N) is 2. The molecule has 1 aliphatic heterocycles. The number of hydrogen-bond donors (Lipinski definition) is 4. The van der Waals surface area contributed by atoms with Gasteiger partial charge in [-0.05, 0) is 67.9 Å². The van der Waals surface area contributed by atoms with Gasteiger partial charge in [0.1, 0.15) is 12.1 Å². The van der Waals surface area contributed by atoms with Gasteiger partial charge in [0, 0.05) is 32.5 Å². The number of carbonyl (C=O) groups is 3. The van der Waals surface area contributed by atoms with Crippen molar-refractivity contribution in [2.24, 2.45) is 5.41 Å². The highest BCUT2D eigenvalue weighted by molar-refractivity contribution is 7.13. The Morgan fingerprint density at radius 1 is 1.04 bits per heavy atom. The second-order valence-corrected chi connectivity index (χ2v) is 21.7. The van der Waals surface area contributed by atoms with E-state index in [2.05, 4.69) is 54.8 Å². The molecule has 49 heavy (non-hydrogen) atoms. The van der Waals surface area contributed by atoms with E-state index in [1.807, 2.05) is 64.4 Å². The first-order chi connectivity index (χ1) is 22.8. The van der Waals surface area contributed by atoms with Crippen molar-refractivity contribution in [2.75, 3.05) is 26.2 Å². The Bertz CT molecular complexity index is 1380. The second kappa shape index (κ2) is 17.5. The zero-order valence-electron chi connectivity index (χ0n) is 31.4. The third-order valence-electron chi connectivity index (χ3n) is 9.87. The van der Waals surface area contributed by atoms with E-state index in [4.69, 9.17) is 4.43 Å². The Morgan fingerprint density at radius 2 is 1.71 bits per heavy atom. The Balaban J connectivity index is 1.49. The lowest BCUT2D eigenvalue weighted by Gasteiger charge is -2.36. The van der Waals surface area contributed by atoms with Crippen molar-refractivity contribution in [3.63, 3.8) is 0 Å². The number of hydrogen-bond acceptors (Lipinski definition) is 8. The molecule has 1 aromatic carbocycles. The summed E-state index contributed by atoms with van der Waals surface area (Å²) in [6, 6.07) is 6.05. The predicted octanol–water partition coefficient (Wildman–Crippen LogP) is 5.96. The molecule has 3 amide bonds. The van der Waals surface area contributed by atoms with Crippen LogP contribution in [0.2, 0.25) is 18.1 Å². The first kappa shape index (κ1) is 40.8. The number of benzene rings is 1. The summed E-state index contributed by atoms with van der Waals surface area (Å²) in [4.78, 5) is 47.4.